The van der Waals surface area contributed by atoms with Gasteiger partial charge < -0.3 is 9.88 Å². The predicted octanol–water partition coefficient (Wildman–Crippen LogP) is 4.89. The van der Waals surface area contributed by atoms with E-state index in [4.69, 9.17) is 9.97 Å². The lowest BCUT2D eigenvalue weighted by molar-refractivity contribution is 0.669. The molecule has 1 aromatic carbocycles. The molecule has 1 N–H and O–H groups in total. The van der Waals surface area contributed by atoms with Crippen LogP contribution in [0.25, 0.3) is 22.6 Å². The van der Waals surface area contributed by atoms with E-state index in [-0.39, 0.29) is 6.04 Å². The fraction of sp³-hybridized carbons (Fsp3) is 0.250. The van der Waals surface area contributed by atoms with Crippen molar-refractivity contribution in [3.63, 3.8) is 0 Å². The largest absolute Gasteiger partial charge is 0.346 e. The summed E-state index contributed by atoms with van der Waals surface area (Å²) in [5.74, 6) is 2.64. The summed E-state index contributed by atoms with van der Waals surface area (Å²) in [7, 11) is 0. The third-order valence-corrected chi connectivity index (χ3v) is 5.55. The minimum Gasteiger partial charge on any atom is -0.346 e. The maximum atomic E-state index is 4.87. The number of rotatable bonds is 4. The molecule has 1 atom stereocenters. The smallest absolute Gasteiger partial charge is 0.163 e. The summed E-state index contributed by atoms with van der Waals surface area (Å²) >= 11 is 0. The third kappa shape index (κ3) is 3.56. The van der Waals surface area contributed by atoms with Crippen LogP contribution in [0.1, 0.15) is 36.0 Å². The van der Waals surface area contributed by atoms with Gasteiger partial charge in [0.1, 0.15) is 11.6 Å². The first-order valence-electron chi connectivity index (χ1n) is 10.3. The van der Waals surface area contributed by atoms with Crippen LogP contribution in [0.2, 0.25) is 0 Å². The van der Waals surface area contributed by atoms with Crippen LogP contribution in [0, 0.1) is 13.8 Å². The van der Waals surface area contributed by atoms with Gasteiger partial charge in [-0.2, -0.15) is 0 Å². The summed E-state index contributed by atoms with van der Waals surface area (Å²) in [5.41, 5.74) is 5.33. The van der Waals surface area contributed by atoms with Crippen LogP contribution in [0.5, 0.6) is 0 Å². The lowest BCUT2D eigenvalue weighted by atomic mass is 10.1. The van der Waals surface area contributed by atoms with E-state index in [2.05, 4.69) is 57.1 Å². The van der Waals surface area contributed by atoms with Gasteiger partial charge in [0.25, 0.3) is 0 Å². The molecule has 6 nitrogen and oxygen atoms in total. The van der Waals surface area contributed by atoms with E-state index < -0.39 is 0 Å². The van der Waals surface area contributed by atoms with Crippen molar-refractivity contribution in [1.82, 2.24) is 24.9 Å². The molecule has 30 heavy (non-hydrogen) atoms. The second-order valence-corrected chi connectivity index (χ2v) is 7.84. The van der Waals surface area contributed by atoms with Crippen LogP contribution in [-0.4, -0.2) is 31.5 Å². The molecule has 1 aliphatic heterocycles. The van der Waals surface area contributed by atoms with Gasteiger partial charge in [-0.3, -0.25) is 4.98 Å². The molecule has 4 heterocycles. The molecular weight excluding hydrogens is 372 g/mol. The van der Waals surface area contributed by atoms with Gasteiger partial charge in [0.2, 0.25) is 0 Å². The first-order valence-corrected chi connectivity index (χ1v) is 10.3. The molecule has 3 aromatic heterocycles. The van der Waals surface area contributed by atoms with E-state index in [0.717, 1.165) is 53.5 Å². The van der Waals surface area contributed by atoms with Gasteiger partial charge in [-0.1, -0.05) is 23.8 Å². The van der Waals surface area contributed by atoms with Gasteiger partial charge in [0, 0.05) is 36.3 Å². The van der Waals surface area contributed by atoms with Gasteiger partial charge in [-0.15, -0.1) is 0 Å². The summed E-state index contributed by atoms with van der Waals surface area (Å²) in [6.07, 6.45) is 7.66. The van der Waals surface area contributed by atoms with Gasteiger partial charge >= 0.3 is 0 Å². The molecule has 4 aromatic rings. The Hall–Kier alpha value is -3.54. The molecule has 0 aliphatic carbocycles. The molecule has 0 radical (unpaired) electrons. The van der Waals surface area contributed by atoms with Crippen molar-refractivity contribution in [2.45, 2.75) is 32.7 Å². The minimum absolute atomic E-state index is 0.180. The van der Waals surface area contributed by atoms with E-state index in [9.17, 15) is 0 Å². The molecule has 5 rings (SSSR count). The predicted molar refractivity (Wildman–Crippen MR) is 118 cm³/mol. The average Bonchev–Trinajstić information content (AvgIpc) is 3.43. The van der Waals surface area contributed by atoms with Crippen molar-refractivity contribution in [1.29, 1.82) is 0 Å². The van der Waals surface area contributed by atoms with Gasteiger partial charge in [0.05, 0.1) is 17.9 Å². The first-order chi connectivity index (χ1) is 14.7. The van der Waals surface area contributed by atoms with Crippen LogP contribution >= 0.6 is 0 Å². The fourth-order valence-corrected chi connectivity index (χ4v) is 4.11. The molecule has 1 aliphatic rings. The molecule has 0 bridgehead atoms. The highest BCUT2D eigenvalue weighted by Gasteiger charge is 2.30. The van der Waals surface area contributed by atoms with Gasteiger partial charge in [-0.05, 0) is 50.5 Å². The Labute approximate surface area is 176 Å². The Morgan fingerprint density at radius 2 is 1.90 bits per heavy atom. The van der Waals surface area contributed by atoms with Crippen LogP contribution < -0.4 is 4.90 Å². The van der Waals surface area contributed by atoms with Gasteiger partial charge in [-0.25, -0.2) is 15.0 Å². The number of aryl methyl sites for hydroxylation is 2. The zero-order chi connectivity index (χ0) is 20.5. The van der Waals surface area contributed by atoms with Crippen LogP contribution in [0.15, 0.2) is 61.1 Å². The van der Waals surface area contributed by atoms with Gasteiger partial charge in [0.15, 0.2) is 5.82 Å². The van der Waals surface area contributed by atoms with Crippen LogP contribution in [-0.2, 0) is 0 Å². The Morgan fingerprint density at radius 3 is 2.73 bits per heavy atom. The molecule has 6 heteroatoms. The number of hydrogen-bond donors (Lipinski definition) is 1. The second kappa shape index (κ2) is 7.71. The molecule has 0 unspecified atom stereocenters. The number of pyridine rings is 1. The maximum Gasteiger partial charge on any atom is 0.163 e. The van der Waals surface area contributed by atoms with Crippen LogP contribution in [0.3, 0.4) is 0 Å². The van der Waals surface area contributed by atoms with Crippen molar-refractivity contribution in [3.05, 3.63) is 78.1 Å². The Balaban J connectivity index is 1.47. The number of H-pyrrole nitrogens is 1. The fourth-order valence-electron chi connectivity index (χ4n) is 4.11. The number of nitrogens with zero attached hydrogens (tertiary/aromatic N) is 5. The molecule has 0 spiro atoms. The number of anilines is 1. The van der Waals surface area contributed by atoms with Crippen molar-refractivity contribution in [2.75, 3.05) is 11.4 Å². The lowest BCUT2D eigenvalue weighted by Gasteiger charge is -2.25. The van der Waals surface area contributed by atoms with E-state index in [1.54, 1.807) is 12.4 Å². The number of hydrogen-bond acceptors (Lipinski definition) is 5. The summed E-state index contributed by atoms with van der Waals surface area (Å²) in [4.78, 5) is 24.3. The van der Waals surface area contributed by atoms with Crippen molar-refractivity contribution in [3.8, 4) is 22.6 Å². The maximum absolute atomic E-state index is 4.87. The lowest BCUT2D eigenvalue weighted by Crippen LogP contribution is -2.25. The molecule has 0 amide bonds. The minimum atomic E-state index is 0.180. The SMILES string of the molecule is Cc1cccc(-c2cnc([C@H]3CCCN3c3cc(C)nc(-c4cccnc4)n3)[nH]2)c1. The Bertz CT molecular complexity index is 1170. The average molecular weight is 396 g/mol. The molecule has 0 saturated carbocycles. The number of aromatic amines is 1. The second-order valence-electron chi connectivity index (χ2n) is 7.84. The monoisotopic (exact) mass is 396 g/mol. The molecular formula is C24H24N6. The highest BCUT2D eigenvalue weighted by atomic mass is 15.3. The van der Waals surface area contributed by atoms with Crippen molar-refractivity contribution < 1.29 is 0 Å². The quantitative estimate of drug-likeness (QED) is 0.532. The highest BCUT2D eigenvalue weighted by molar-refractivity contribution is 5.60. The molecule has 1 fully saturated rings. The standard InChI is InChI=1S/C24H24N6/c1-16-6-3-7-18(12-16)20-15-26-24(28-20)21-9-5-11-30(21)22-13-17(2)27-23(29-22)19-8-4-10-25-14-19/h3-4,6-8,10,12-15,21H,5,9,11H2,1-2H3,(H,26,28)/t21-/m1/s1. The Morgan fingerprint density at radius 1 is 1.00 bits per heavy atom. The number of nitrogens with one attached hydrogen (secondary N) is 1. The highest BCUT2D eigenvalue weighted by Crippen LogP contribution is 2.35. The number of benzene rings is 1. The zero-order valence-corrected chi connectivity index (χ0v) is 17.2. The summed E-state index contributed by atoms with van der Waals surface area (Å²) in [5, 5.41) is 0. The van der Waals surface area contributed by atoms with Crippen molar-refractivity contribution >= 4 is 5.82 Å². The van der Waals surface area contributed by atoms with E-state index in [1.165, 1.54) is 5.56 Å². The van der Waals surface area contributed by atoms with E-state index >= 15 is 0 Å². The van der Waals surface area contributed by atoms with E-state index in [1.807, 2.05) is 25.3 Å². The zero-order valence-electron chi connectivity index (χ0n) is 17.2. The number of imidazole rings is 1. The summed E-state index contributed by atoms with van der Waals surface area (Å²) < 4.78 is 0. The first kappa shape index (κ1) is 18.5. The van der Waals surface area contributed by atoms with E-state index in [0.29, 0.717) is 5.82 Å². The third-order valence-electron chi connectivity index (χ3n) is 5.55. The molecule has 150 valence electrons. The molecule has 1 saturated heterocycles. The topological polar surface area (TPSA) is 70.6 Å². The Kier molecular flexibility index (Phi) is 4.75. The summed E-state index contributed by atoms with van der Waals surface area (Å²) in [6, 6.07) is 14.6. The van der Waals surface area contributed by atoms with Crippen molar-refractivity contribution in [2.24, 2.45) is 0 Å². The number of aromatic nitrogens is 5. The van der Waals surface area contributed by atoms with Crippen LogP contribution in [0.4, 0.5) is 5.82 Å². The summed E-state index contributed by atoms with van der Waals surface area (Å²) in [6.45, 7) is 5.07. The normalized spacial score (nSPS) is 16.2.